The third-order valence-corrected chi connectivity index (χ3v) is 5.37. The molecule has 0 bridgehead atoms. The molecule has 0 aliphatic carbocycles. The van der Waals surface area contributed by atoms with Gasteiger partial charge in [0.1, 0.15) is 0 Å². The third kappa shape index (κ3) is 9.32. The van der Waals surface area contributed by atoms with Gasteiger partial charge in [0.2, 0.25) is 0 Å². The van der Waals surface area contributed by atoms with E-state index in [-0.39, 0.29) is 5.92 Å². The molecule has 0 amide bonds. The van der Waals surface area contributed by atoms with Crippen LogP contribution in [0.2, 0.25) is 0 Å². The summed E-state index contributed by atoms with van der Waals surface area (Å²) < 4.78 is 19.2. The number of benzene rings is 1. The Balaban J connectivity index is 3.13. The Kier molecular flexibility index (Phi) is 14.8. The van der Waals surface area contributed by atoms with Crippen molar-refractivity contribution >= 4 is 6.08 Å². The minimum absolute atomic E-state index is 0.0483. The van der Waals surface area contributed by atoms with Gasteiger partial charge >= 0.3 is 0 Å². The Morgan fingerprint density at radius 3 is 1.70 bits per heavy atom. The van der Waals surface area contributed by atoms with Crippen LogP contribution < -0.4 is 0 Å². The first kappa shape index (κ1) is 26.9. The maximum absolute atomic E-state index is 6.39. The van der Waals surface area contributed by atoms with Crippen molar-refractivity contribution in [3.8, 4) is 0 Å². The third-order valence-electron chi connectivity index (χ3n) is 5.37. The van der Waals surface area contributed by atoms with Crippen LogP contribution in [0, 0.1) is 0 Å². The Morgan fingerprint density at radius 2 is 1.23 bits per heavy atom. The first-order chi connectivity index (χ1) is 14.7. The minimum Gasteiger partial charge on any atom is -0.327 e. The monoisotopic (exact) mass is 418 g/mol. The van der Waals surface area contributed by atoms with Crippen LogP contribution in [0.1, 0.15) is 109 Å². The van der Waals surface area contributed by atoms with E-state index in [0.29, 0.717) is 19.8 Å². The van der Waals surface area contributed by atoms with Crippen LogP contribution in [0.15, 0.2) is 30.8 Å². The summed E-state index contributed by atoms with van der Waals surface area (Å²) in [5, 5.41) is 0. The van der Waals surface area contributed by atoms with E-state index in [2.05, 4.69) is 58.5 Å². The second-order valence-electron chi connectivity index (χ2n) is 8.13. The summed E-state index contributed by atoms with van der Waals surface area (Å²) in [6.45, 7) is 14.4. The summed E-state index contributed by atoms with van der Waals surface area (Å²) in [5.41, 5.74) is 2.35. The van der Waals surface area contributed by atoms with Crippen molar-refractivity contribution < 1.29 is 14.2 Å². The molecule has 3 heteroatoms. The van der Waals surface area contributed by atoms with Crippen LogP contribution in [-0.2, 0) is 14.2 Å². The number of unbranched alkanes of at least 4 members (excludes halogenated alkanes) is 5. The van der Waals surface area contributed by atoms with Gasteiger partial charge in [0, 0.05) is 0 Å². The Bertz CT molecular complexity index is 516. The molecule has 0 aliphatic heterocycles. The average Bonchev–Trinajstić information content (AvgIpc) is 2.79. The van der Waals surface area contributed by atoms with Gasteiger partial charge < -0.3 is 14.2 Å². The maximum atomic E-state index is 6.39. The highest BCUT2D eigenvalue weighted by molar-refractivity contribution is 5.47. The minimum atomic E-state index is -1.01. The smallest absolute Gasteiger partial charge is 0.290 e. The molecule has 0 heterocycles. The SMILES string of the molecule is C=Cc1ccc(C(CCCCCCCC)C(OCCC)(OCCC)OCCC)cc1. The molecule has 0 spiro atoms. The summed E-state index contributed by atoms with van der Waals surface area (Å²) in [6, 6.07) is 8.63. The molecular formula is C27H46O3. The normalized spacial score (nSPS) is 12.8. The number of rotatable bonds is 19. The van der Waals surface area contributed by atoms with Gasteiger partial charge in [0.25, 0.3) is 5.97 Å². The second-order valence-corrected chi connectivity index (χ2v) is 8.13. The molecule has 0 radical (unpaired) electrons. The van der Waals surface area contributed by atoms with Gasteiger partial charge in [-0.1, -0.05) is 103 Å². The first-order valence-corrected chi connectivity index (χ1v) is 12.3. The maximum Gasteiger partial charge on any atom is 0.290 e. The van der Waals surface area contributed by atoms with E-state index in [4.69, 9.17) is 14.2 Å². The lowest BCUT2D eigenvalue weighted by Crippen LogP contribution is -2.46. The van der Waals surface area contributed by atoms with Gasteiger partial charge in [-0.2, -0.15) is 0 Å². The molecule has 1 aromatic carbocycles. The molecule has 0 aromatic heterocycles. The molecule has 1 atom stereocenters. The van der Waals surface area contributed by atoms with Crippen molar-refractivity contribution in [2.24, 2.45) is 0 Å². The molecule has 172 valence electrons. The van der Waals surface area contributed by atoms with E-state index in [0.717, 1.165) is 37.7 Å². The molecule has 0 N–H and O–H groups in total. The van der Waals surface area contributed by atoms with E-state index in [1.165, 1.54) is 37.7 Å². The molecule has 0 saturated carbocycles. The van der Waals surface area contributed by atoms with Crippen molar-refractivity contribution in [2.75, 3.05) is 19.8 Å². The summed E-state index contributed by atoms with van der Waals surface area (Å²) in [4.78, 5) is 0. The summed E-state index contributed by atoms with van der Waals surface area (Å²) in [5.74, 6) is -0.964. The molecule has 1 unspecified atom stereocenters. The summed E-state index contributed by atoms with van der Waals surface area (Å²) in [6.07, 6.45) is 13.3. The Morgan fingerprint density at radius 1 is 0.733 bits per heavy atom. The highest BCUT2D eigenvalue weighted by Crippen LogP contribution is 2.39. The van der Waals surface area contributed by atoms with E-state index in [1.807, 2.05) is 6.08 Å². The number of hydrogen-bond donors (Lipinski definition) is 0. The van der Waals surface area contributed by atoms with Crippen molar-refractivity contribution in [3.63, 3.8) is 0 Å². The van der Waals surface area contributed by atoms with Crippen molar-refractivity contribution in [1.82, 2.24) is 0 Å². The molecule has 0 fully saturated rings. The summed E-state index contributed by atoms with van der Waals surface area (Å²) >= 11 is 0. The van der Waals surface area contributed by atoms with Gasteiger partial charge in [-0.3, -0.25) is 0 Å². The Labute approximate surface area is 186 Å². The molecule has 0 aliphatic rings. The number of ether oxygens (including phenoxy) is 3. The Hall–Kier alpha value is -1.16. The highest BCUT2D eigenvalue weighted by atomic mass is 16.9. The van der Waals surface area contributed by atoms with Crippen molar-refractivity contribution in [2.45, 2.75) is 104 Å². The zero-order valence-corrected chi connectivity index (χ0v) is 20.1. The molecule has 0 saturated heterocycles. The zero-order chi connectivity index (χ0) is 22.1. The average molecular weight is 419 g/mol. The van der Waals surface area contributed by atoms with E-state index < -0.39 is 5.97 Å². The van der Waals surface area contributed by atoms with Gasteiger partial charge in [-0.25, -0.2) is 0 Å². The lowest BCUT2D eigenvalue weighted by molar-refractivity contribution is -0.392. The van der Waals surface area contributed by atoms with Crippen LogP contribution in [0.25, 0.3) is 6.08 Å². The standard InChI is InChI=1S/C27H46O3/c1-6-11-12-13-14-15-16-26(25-19-17-24(10-5)18-20-25)27(28-21-7-2,29-22-8-3)30-23-9-4/h10,17-20,26H,5-9,11-16,21-23H2,1-4H3. The van der Waals surface area contributed by atoms with E-state index >= 15 is 0 Å². The van der Waals surface area contributed by atoms with Crippen molar-refractivity contribution in [3.05, 3.63) is 42.0 Å². The van der Waals surface area contributed by atoms with Crippen molar-refractivity contribution in [1.29, 1.82) is 0 Å². The molecule has 30 heavy (non-hydrogen) atoms. The van der Waals surface area contributed by atoms with Crippen LogP contribution in [0.4, 0.5) is 0 Å². The quantitative estimate of drug-likeness (QED) is 0.168. The van der Waals surface area contributed by atoms with Crippen LogP contribution in [0.3, 0.4) is 0 Å². The predicted octanol–water partition coefficient (Wildman–Crippen LogP) is 8.10. The topological polar surface area (TPSA) is 27.7 Å². The predicted molar refractivity (Wildman–Crippen MR) is 129 cm³/mol. The molecular weight excluding hydrogens is 372 g/mol. The van der Waals surface area contributed by atoms with Gasteiger partial charge in [0.05, 0.1) is 25.7 Å². The fourth-order valence-corrected chi connectivity index (χ4v) is 3.70. The molecule has 3 nitrogen and oxygen atoms in total. The largest absolute Gasteiger partial charge is 0.327 e. The summed E-state index contributed by atoms with van der Waals surface area (Å²) in [7, 11) is 0. The second kappa shape index (κ2) is 16.5. The highest BCUT2D eigenvalue weighted by Gasteiger charge is 2.43. The molecule has 1 aromatic rings. The number of hydrogen-bond acceptors (Lipinski definition) is 3. The fourth-order valence-electron chi connectivity index (χ4n) is 3.70. The van der Waals surface area contributed by atoms with E-state index in [1.54, 1.807) is 0 Å². The molecule has 1 rings (SSSR count). The van der Waals surface area contributed by atoms with Crippen LogP contribution in [-0.4, -0.2) is 25.8 Å². The lowest BCUT2D eigenvalue weighted by atomic mass is 9.89. The van der Waals surface area contributed by atoms with Gasteiger partial charge in [-0.05, 0) is 36.8 Å². The first-order valence-electron chi connectivity index (χ1n) is 12.3. The zero-order valence-electron chi connectivity index (χ0n) is 20.1. The van der Waals surface area contributed by atoms with Gasteiger partial charge in [-0.15, -0.1) is 0 Å². The van der Waals surface area contributed by atoms with Gasteiger partial charge in [0.15, 0.2) is 0 Å². The van der Waals surface area contributed by atoms with Crippen LogP contribution >= 0.6 is 0 Å². The fraction of sp³-hybridized carbons (Fsp3) is 0.704. The van der Waals surface area contributed by atoms with E-state index in [9.17, 15) is 0 Å². The van der Waals surface area contributed by atoms with Crippen LogP contribution in [0.5, 0.6) is 0 Å². The lowest BCUT2D eigenvalue weighted by Gasteiger charge is -2.40.